The molecule has 1 aliphatic rings. The van der Waals surface area contributed by atoms with E-state index >= 15 is 0 Å². The van der Waals surface area contributed by atoms with Gasteiger partial charge in [0, 0.05) is 38.0 Å². The zero-order chi connectivity index (χ0) is 14.7. The summed E-state index contributed by atoms with van der Waals surface area (Å²) in [5, 5.41) is 2.96. The van der Waals surface area contributed by atoms with E-state index in [1.807, 2.05) is 19.1 Å². The predicted molar refractivity (Wildman–Crippen MR) is 80.1 cm³/mol. The highest BCUT2D eigenvalue weighted by atomic mass is 35.5. The number of rotatable bonds is 2. The highest BCUT2D eigenvalue weighted by Gasteiger charge is 2.23. The lowest BCUT2D eigenvalue weighted by Gasteiger charge is -2.34. The summed E-state index contributed by atoms with van der Waals surface area (Å²) < 4.78 is 0.719. The number of thiophene rings is 1. The van der Waals surface area contributed by atoms with Crippen LogP contribution in [0.25, 0.3) is 0 Å². The molecule has 2 heterocycles. The van der Waals surface area contributed by atoms with E-state index in [-0.39, 0.29) is 18.0 Å². The van der Waals surface area contributed by atoms with E-state index in [9.17, 15) is 9.59 Å². The molecule has 7 heteroatoms. The molecule has 5 nitrogen and oxygen atoms in total. The molecule has 0 unspecified atom stereocenters. The van der Waals surface area contributed by atoms with Gasteiger partial charge in [0.05, 0.1) is 10.4 Å². The van der Waals surface area contributed by atoms with Crippen LogP contribution in [0.5, 0.6) is 0 Å². The summed E-state index contributed by atoms with van der Waals surface area (Å²) in [5.41, 5.74) is 0. The zero-order valence-corrected chi connectivity index (χ0v) is 13.1. The number of carbonyl (C=O) groups excluding carboxylic acids is 2. The molecule has 0 saturated carbocycles. The third kappa shape index (κ3) is 3.64. The average molecular weight is 316 g/mol. The summed E-state index contributed by atoms with van der Waals surface area (Å²) in [4.78, 5) is 27.9. The maximum absolute atomic E-state index is 12.1. The minimum absolute atomic E-state index is 0.0617. The number of nitrogens with zero attached hydrogens (tertiary/aromatic N) is 2. The molecular formula is C13H18ClN3O2S. The predicted octanol–water partition coefficient (Wildman–Crippen LogP) is 2.34. The molecule has 1 N–H and O–H groups in total. The molecule has 1 aliphatic heterocycles. The van der Waals surface area contributed by atoms with Crippen molar-refractivity contribution in [3.05, 3.63) is 21.3 Å². The maximum Gasteiger partial charge on any atom is 0.318 e. The van der Waals surface area contributed by atoms with Crippen LogP contribution in [0.2, 0.25) is 4.34 Å². The Morgan fingerprint density at radius 2 is 1.85 bits per heavy atom. The molecule has 1 atom stereocenters. The Labute approximate surface area is 127 Å². The third-order valence-electron chi connectivity index (χ3n) is 3.37. The van der Waals surface area contributed by atoms with E-state index in [1.54, 1.807) is 16.7 Å². The smallest absolute Gasteiger partial charge is 0.318 e. The first-order valence-electron chi connectivity index (χ1n) is 6.53. The summed E-state index contributed by atoms with van der Waals surface area (Å²) in [6, 6.07) is 3.60. The quantitative estimate of drug-likeness (QED) is 0.910. The number of amides is 3. The van der Waals surface area contributed by atoms with Gasteiger partial charge in [0.15, 0.2) is 0 Å². The van der Waals surface area contributed by atoms with Crippen molar-refractivity contribution in [1.82, 2.24) is 15.1 Å². The number of hydrogen-bond acceptors (Lipinski definition) is 3. The molecule has 2 rings (SSSR count). The fourth-order valence-corrected chi connectivity index (χ4v) is 3.20. The Balaban J connectivity index is 1.85. The standard InChI is InChI=1S/C13H18ClN3O2S/c1-9(11-3-4-12(14)20-11)15-13(19)17-7-5-16(6-8-17)10(2)18/h3-4,9H,5-8H2,1-2H3,(H,15,19)/t9-/m1/s1. The third-order valence-corrected chi connectivity index (χ3v) is 4.79. The normalized spacial score (nSPS) is 16.9. The Hall–Kier alpha value is -1.27. The molecule has 1 aromatic heterocycles. The Morgan fingerprint density at radius 3 is 2.35 bits per heavy atom. The summed E-state index contributed by atoms with van der Waals surface area (Å²) in [6.07, 6.45) is 0. The maximum atomic E-state index is 12.1. The Morgan fingerprint density at radius 1 is 1.25 bits per heavy atom. The monoisotopic (exact) mass is 315 g/mol. The summed E-state index contributed by atoms with van der Waals surface area (Å²) in [7, 11) is 0. The van der Waals surface area contributed by atoms with Crippen LogP contribution in [-0.2, 0) is 4.79 Å². The van der Waals surface area contributed by atoms with Crippen LogP contribution in [-0.4, -0.2) is 47.9 Å². The van der Waals surface area contributed by atoms with Gasteiger partial charge in [-0.3, -0.25) is 4.79 Å². The first-order valence-corrected chi connectivity index (χ1v) is 7.73. The molecule has 0 spiro atoms. The number of hydrogen-bond donors (Lipinski definition) is 1. The van der Waals surface area contributed by atoms with Crippen LogP contribution in [0.4, 0.5) is 4.79 Å². The molecule has 0 radical (unpaired) electrons. The van der Waals surface area contributed by atoms with E-state index in [2.05, 4.69) is 5.32 Å². The molecule has 3 amide bonds. The van der Waals surface area contributed by atoms with Crippen molar-refractivity contribution in [2.75, 3.05) is 26.2 Å². The SMILES string of the molecule is CC(=O)N1CCN(C(=O)N[C@H](C)c2ccc(Cl)s2)CC1. The highest BCUT2D eigenvalue weighted by molar-refractivity contribution is 7.16. The van der Waals surface area contributed by atoms with Gasteiger partial charge in [-0.25, -0.2) is 4.79 Å². The molecule has 20 heavy (non-hydrogen) atoms. The molecule has 0 aliphatic carbocycles. The van der Waals surface area contributed by atoms with Gasteiger partial charge in [0.1, 0.15) is 0 Å². The minimum Gasteiger partial charge on any atom is -0.339 e. The van der Waals surface area contributed by atoms with Crippen molar-refractivity contribution in [2.45, 2.75) is 19.9 Å². The second-order valence-corrected chi connectivity index (χ2v) is 6.55. The van der Waals surface area contributed by atoms with E-state index in [0.29, 0.717) is 26.2 Å². The molecule has 0 bridgehead atoms. The van der Waals surface area contributed by atoms with E-state index < -0.39 is 0 Å². The van der Waals surface area contributed by atoms with Gasteiger partial charge in [0.25, 0.3) is 0 Å². The first-order chi connectivity index (χ1) is 9.47. The zero-order valence-electron chi connectivity index (χ0n) is 11.6. The fraction of sp³-hybridized carbons (Fsp3) is 0.538. The van der Waals surface area contributed by atoms with Crippen molar-refractivity contribution >= 4 is 34.9 Å². The van der Waals surface area contributed by atoms with Crippen LogP contribution in [0, 0.1) is 0 Å². The van der Waals surface area contributed by atoms with Crippen molar-refractivity contribution in [2.24, 2.45) is 0 Å². The lowest BCUT2D eigenvalue weighted by atomic mass is 10.2. The summed E-state index contributed by atoms with van der Waals surface area (Å²) >= 11 is 7.36. The minimum atomic E-state index is -0.0924. The number of carbonyl (C=O) groups is 2. The van der Waals surface area contributed by atoms with Gasteiger partial charge in [0.2, 0.25) is 5.91 Å². The largest absolute Gasteiger partial charge is 0.339 e. The number of halogens is 1. The van der Waals surface area contributed by atoms with E-state index in [1.165, 1.54) is 11.3 Å². The second-order valence-electron chi connectivity index (χ2n) is 4.81. The lowest BCUT2D eigenvalue weighted by molar-refractivity contribution is -0.130. The topological polar surface area (TPSA) is 52.7 Å². The Bertz CT molecular complexity index is 498. The van der Waals surface area contributed by atoms with Gasteiger partial charge in [-0.15, -0.1) is 11.3 Å². The Kier molecular flexibility index (Phi) is 4.88. The van der Waals surface area contributed by atoms with Crippen molar-refractivity contribution in [1.29, 1.82) is 0 Å². The fourth-order valence-electron chi connectivity index (χ4n) is 2.13. The lowest BCUT2D eigenvalue weighted by Crippen LogP contribution is -2.53. The number of urea groups is 1. The summed E-state index contributed by atoms with van der Waals surface area (Å²) in [6.45, 7) is 5.83. The van der Waals surface area contributed by atoms with E-state index in [4.69, 9.17) is 11.6 Å². The van der Waals surface area contributed by atoms with Gasteiger partial charge in [-0.2, -0.15) is 0 Å². The van der Waals surface area contributed by atoms with Gasteiger partial charge >= 0.3 is 6.03 Å². The van der Waals surface area contributed by atoms with Crippen molar-refractivity contribution in [3.8, 4) is 0 Å². The van der Waals surface area contributed by atoms with Crippen LogP contribution in [0.1, 0.15) is 24.8 Å². The molecule has 0 aromatic carbocycles. The van der Waals surface area contributed by atoms with Crippen LogP contribution in [0.3, 0.4) is 0 Å². The molecule has 1 fully saturated rings. The van der Waals surface area contributed by atoms with Crippen molar-refractivity contribution < 1.29 is 9.59 Å². The van der Waals surface area contributed by atoms with Crippen LogP contribution in [0.15, 0.2) is 12.1 Å². The van der Waals surface area contributed by atoms with Crippen LogP contribution >= 0.6 is 22.9 Å². The van der Waals surface area contributed by atoms with Crippen LogP contribution < -0.4 is 5.32 Å². The van der Waals surface area contributed by atoms with Gasteiger partial charge in [-0.05, 0) is 19.1 Å². The average Bonchev–Trinajstić information content (AvgIpc) is 2.85. The number of piperazine rings is 1. The second kappa shape index (κ2) is 6.45. The van der Waals surface area contributed by atoms with Gasteiger partial charge < -0.3 is 15.1 Å². The highest BCUT2D eigenvalue weighted by Crippen LogP contribution is 2.26. The molecular weight excluding hydrogens is 298 g/mol. The first kappa shape index (κ1) is 15.1. The van der Waals surface area contributed by atoms with Gasteiger partial charge in [-0.1, -0.05) is 11.6 Å². The molecule has 1 aromatic rings. The van der Waals surface area contributed by atoms with E-state index in [0.717, 1.165) is 9.21 Å². The number of nitrogens with one attached hydrogen (secondary N) is 1. The summed E-state index contributed by atoms with van der Waals surface area (Å²) in [5.74, 6) is 0.0617. The van der Waals surface area contributed by atoms with Crippen molar-refractivity contribution in [3.63, 3.8) is 0 Å². The molecule has 1 saturated heterocycles. The molecule has 110 valence electrons.